The molecule has 1 heterocycles. The van der Waals surface area contributed by atoms with Crippen LogP contribution in [0.4, 0.5) is 5.69 Å². The van der Waals surface area contributed by atoms with E-state index in [0.29, 0.717) is 21.2 Å². The van der Waals surface area contributed by atoms with Gasteiger partial charge < -0.3 is 5.73 Å². The van der Waals surface area contributed by atoms with Gasteiger partial charge in [0, 0.05) is 16.3 Å². The summed E-state index contributed by atoms with van der Waals surface area (Å²) in [5.41, 5.74) is 7.67. The van der Waals surface area contributed by atoms with Crippen LogP contribution >= 0.6 is 22.9 Å². The Balaban J connectivity index is 2.49. The molecule has 2 nitrogen and oxygen atoms in total. The number of hydrogen-bond acceptors (Lipinski definition) is 3. The van der Waals surface area contributed by atoms with Gasteiger partial charge in [0.15, 0.2) is 0 Å². The van der Waals surface area contributed by atoms with E-state index < -0.39 is 0 Å². The molecular formula is C12H10ClNOS. The molecule has 0 radical (unpaired) electrons. The highest BCUT2D eigenvalue weighted by atomic mass is 35.5. The predicted molar refractivity (Wildman–Crippen MR) is 68.4 cm³/mol. The molecule has 0 aliphatic carbocycles. The van der Waals surface area contributed by atoms with Gasteiger partial charge in [-0.3, -0.25) is 4.79 Å². The predicted octanol–water partition coefficient (Wildman–Crippen LogP) is 3.52. The van der Waals surface area contributed by atoms with Gasteiger partial charge in [0.05, 0.1) is 4.88 Å². The smallest absolute Gasteiger partial charge is 0.205 e. The zero-order valence-electron chi connectivity index (χ0n) is 8.66. The maximum absolute atomic E-state index is 12.2. The van der Waals surface area contributed by atoms with E-state index in [2.05, 4.69) is 0 Å². The molecular weight excluding hydrogens is 242 g/mol. The van der Waals surface area contributed by atoms with Crippen LogP contribution in [-0.4, -0.2) is 5.78 Å². The molecule has 1 aromatic carbocycles. The number of carbonyl (C=O) groups is 1. The molecule has 0 unspecified atom stereocenters. The monoisotopic (exact) mass is 251 g/mol. The van der Waals surface area contributed by atoms with Crippen molar-refractivity contribution in [3.8, 4) is 0 Å². The first-order valence-corrected chi connectivity index (χ1v) is 5.99. The van der Waals surface area contributed by atoms with Gasteiger partial charge in [-0.25, -0.2) is 0 Å². The summed E-state index contributed by atoms with van der Waals surface area (Å²) in [6.07, 6.45) is 0. The Morgan fingerprint density at radius 1 is 1.38 bits per heavy atom. The van der Waals surface area contributed by atoms with Gasteiger partial charge in [0.2, 0.25) is 5.78 Å². The summed E-state index contributed by atoms with van der Waals surface area (Å²) < 4.78 is 0. The summed E-state index contributed by atoms with van der Waals surface area (Å²) in [6.45, 7) is 1.91. The summed E-state index contributed by atoms with van der Waals surface area (Å²) in [4.78, 5) is 12.9. The van der Waals surface area contributed by atoms with E-state index in [-0.39, 0.29) is 5.78 Å². The van der Waals surface area contributed by atoms with Crippen molar-refractivity contribution in [3.05, 3.63) is 50.7 Å². The lowest BCUT2D eigenvalue weighted by molar-refractivity contribution is 0.104. The van der Waals surface area contributed by atoms with Crippen LogP contribution in [0, 0.1) is 6.92 Å². The number of ketones is 1. The fourth-order valence-electron chi connectivity index (χ4n) is 1.45. The summed E-state index contributed by atoms with van der Waals surface area (Å²) in [6, 6.07) is 6.85. The van der Waals surface area contributed by atoms with Crippen LogP contribution in [0.1, 0.15) is 20.8 Å². The molecule has 0 aliphatic rings. The standard InChI is InChI=1S/C12H10ClNOS/c1-7-4-5-16-12(7)11(15)9-6-8(13)2-3-10(9)14/h2-6H,14H2,1H3. The molecule has 82 valence electrons. The van der Waals surface area contributed by atoms with Crippen molar-refractivity contribution in [1.82, 2.24) is 0 Å². The Kier molecular flexibility index (Phi) is 2.99. The zero-order valence-corrected chi connectivity index (χ0v) is 10.2. The van der Waals surface area contributed by atoms with Crippen molar-refractivity contribution in [2.75, 3.05) is 5.73 Å². The molecule has 2 aromatic rings. The molecule has 0 atom stereocenters. The van der Waals surface area contributed by atoms with Gasteiger partial charge in [-0.15, -0.1) is 11.3 Å². The second-order valence-electron chi connectivity index (χ2n) is 3.49. The van der Waals surface area contributed by atoms with Crippen LogP contribution in [0.3, 0.4) is 0 Å². The average Bonchev–Trinajstić information content (AvgIpc) is 2.67. The number of carbonyl (C=O) groups excluding carboxylic acids is 1. The maximum Gasteiger partial charge on any atom is 0.205 e. The van der Waals surface area contributed by atoms with Gasteiger partial charge in [-0.05, 0) is 42.1 Å². The number of anilines is 1. The lowest BCUT2D eigenvalue weighted by atomic mass is 10.1. The minimum absolute atomic E-state index is 0.0625. The van der Waals surface area contributed by atoms with Gasteiger partial charge in [-0.1, -0.05) is 11.6 Å². The maximum atomic E-state index is 12.2. The average molecular weight is 252 g/mol. The molecule has 0 spiro atoms. The van der Waals surface area contributed by atoms with E-state index in [1.807, 2.05) is 18.4 Å². The number of nitrogen functional groups attached to an aromatic ring is 1. The Morgan fingerprint density at radius 3 is 2.75 bits per heavy atom. The van der Waals surface area contributed by atoms with Crippen LogP contribution in [0.25, 0.3) is 0 Å². The summed E-state index contributed by atoms with van der Waals surface area (Å²) in [5.74, 6) is -0.0625. The highest BCUT2D eigenvalue weighted by Gasteiger charge is 2.15. The quantitative estimate of drug-likeness (QED) is 0.656. The fourth-order valence-corrected chi connectivity index (χ4v) is 2.50. The lowest BCUT2D eigenvalue weighted by Crippen LogP contribution is -2.04. The van der Waals surface area contributed by atoms with Gasteiger partial charge in [0.25, 0.3) is 0 Å². The number of halogens is 1. The Hall–Kier alpha value is -1.32. The SMILES string of the molecule is Cc1ccsc1C(=O)c1cc(Cl)ccc1N. The molecule has 0 amide bonds. The topological polar surface area (TPSA) is 43.1 Å². The van der Waals surface area contributed by atoms with Crippen LogP contribution in [-0.2, 0) is 0 Å². The summed E-state index contributed by atoms with van der Waals surface area (Å²) in [5, 5.41) is 2.41. The second-order valence-corrected chi connectivity index (χ2v) is 4.85. The number of thiophene rings is 1. The molecule has 0 saturated carbocycles. The van der Waals surface area contributed by atoms with Crippen LogP contribution < -0.4 is 5.73 Å². The first-order chi connectivity index (χ1) is 7.59. The molecule has 4 heteroatoms. The van der Waals surface area contributed by atoms with Crippen molar-refractivity contribution in [3.63, 3.8) is 0 Å². The summed E-state index contributed by atoms with van der Waals surface area (Å²) >= 11 is 7.28. The van der Waals surface area contributed by atoms with Gasteiger partial charge in [-0.2, -0.15) is 0 Å². The third-order valence-corrected chi connectivity index (χ3v) is 3.58. The molecule has 0 saturated heterocycles. The number of hydrogen-bond donors (Lipinski definition) is 1. The third kappa shape index (κ3) is 1.96. The van der Waals surface area contributed by atoms with Gasteiger partial charge >= 0.3 is 0 Å². The highest BCUT2D eigenvalue weighted by molar-refractivity contribution is 7.12. The molecule has 2 rings (SSSR count). The normalized spacial score (nSPS) is 10.4. The first-order valence-electron chi connectivity index (χ1n) is 4.73. The van der Waals surface area contributed by atoms with Crippen molar-refractivity contribution in [2.45, 2.75) is 6.92 Å². The Morgan fingerprint density at radius 2 is 2.12 bits per heavy atom. The lowest BCUT2D eigenvalue weighted by Gasteiger charge is -2.04. The van der Waals surface area contributed by atoms with E-state index in [1.165, 1.54) is 11.3 Å². The fraction of sp³-hybridized carbons (Fsp3) is 0.0833. The third-order valence-electron chi connectivity index (χ3n) is 2.33. The van der Waals surface area contributed by atoms with E-state index >= 15 is 0 Å². The summed E-state index contributed by atoms with van der Waals surface area (Å²) in [7, 11) is 0. The van der Waals surface area contributed by atoms with E-state index in [9.17, 15) is 4.79 Å². The highest BCUT2D eigenvalue weighted by Crippen LogP contribution is 2.25. The van der Waals surface area contributed by atoms with Crippen molar-refractivity contribution >= 4 is 34.4 Å². The molecule has 1 aromatic heterocycles. The minimum Gasteiger partial charge on any atom is -0.398 e. The largest absolute Gasteiger partial charge is 0.398 e. The number of aryl methyl sites for hydroxylation is 1. The Bertz CT molecular complexity index is 548. The molecule has 16 heavy (non-hydrogen) atoms. The van der Waals surface area contributed by atoms with E-state index in [4.69, 9.17) is 17.3 Å². The molecule has 0 bridgehead atoms. The molecule has 2 N–H and O–H groups in total. The Labute approximate surface area is 103 Å². The van der Waals surface area contributed by atoms with Crippen LogP contribution in [0.15, 0.2) is 29.6 Å². The van der Waals surface area contributed by atoms with Crippen LogP contribution in [0.5, 0.6) is 0 Å². The number of nitrogens with two attached hydrogens (primary N) is 1. The molecule has 0 fully saturated rings. The number of rotatable bonds is 2. The van der Waals surface area contributed by atoms with Gasteiger partial charge in [0.1, 0.15) is 0 Å². The second kappa shape index (κ2) is 4.28. The van der Waals surface area contributed by atoms with Crippen molar-refractivity contribution in [1.29, 1.82) is 0 Å². The minimum atomic E-state index is -0.0625. The van der Waals surface area contributed by atoms with Crippen molar-refractivity contribution in [2.24, 2.45) is 0 Å². The first kappa shape index (κ1) is 11.2. The zero-order chi connectivity index (χ0) is 11.7. The number of benzene rings is 1. The van der Waals surface area contributed by atoms with E-state index in [0.717, 1.165) is 5.56 Å². The van der Waals surface area contributed by atoms with Crippen molar-refractivity contribution < 1.29 is 4.79 Å². The van der Waals surface area contributed by atoms with E-state index in [1.54, 1.807) is 18.2 Å². The van der Waals surface area contributed by atoms with Crippen LogP contribution in [0.2, 0.25) is 5.02 Å². The molecule has 0 aliphatic heterocycles.